The third kappa shape index (κ3) is 2.65. The molecular formula is C13H16O3. The van der Waals surface area contributed by atoms with Crippen LogP contribution in [0.25, 0.3) is 0 Å². The van der Waals surface area contributed by atoms with Crippen LogP contribution in [0.15, 0.2) is 11.6 Å². The standard InChI is InChI=1S/C13H16O3/c14-11-6-9(7-12(15)8-11)5-10-3-1-2-4-13(10)16/h5,9H,1-4,6-8H2/b10-5+. The summed E-state index contributed by atoms with van der Waals surface area (Å²) in [5.41, 5.74) is 0.846. The maximum absolute atomic E-state index is 11.6. The summed E-state index contributed by atoms with van der Waals surface area (Å²) in [5.74, 6) is 0.213. The predicted molar refractivity (Wildman–Crippen MR) is 58.9 cm³/mol. The molecule has 0 unspecified atom stereocenters. The Hall–Kier alpha value is -1.25. The zero-order valence-corrected chi connectivity index (χ0v) is 9.33. The molecule has 2 saturated carbocycles. The van der Waals surface area contributed by atoms with E-state index in [1.807, 2.05) is 6.08 Å². The van der Waals surface area contributed by atoms with Gasteiger partial charge in [0.05, 0.1) is 6.42 Å². The Morgan fingerprint density at radius 1 is 0.938 bits per heavy atom. The Balaban J connectivity index is 2.06. The predicted octanol–water partition coefficient (Wildman–Crippen LogP) is 1.99. The molecule has 0 atom stereocenters. The van der Waals surface area contributed by atoms with Gasteiger partial charge in [0.15, 0.2) is 5.78 Å². The highest BCUT2D eigenvalue weighted by atomic mass is 16.1. The van der Waals surface area contributed by atoms with Crippen molar-refractivity contribution in [2.45, 2.75) is 44.9 Å². The molecule has 86 valence electrons. The van der Waals surface area contributed by atoms with Crippen molar-refractivity contribution < 1.29 is 14.4 Å². The molecule has 2 aliphatic rings. The molecule has 3 heteroatoms. The number of ketones is 3. The maximum atomic E-state index is 11.6. The molecule has 0 spiro atoms. The van der Waals surface area contributed by atoms with Crippen LogP contribution in [-0.4, -0.2) is 17.3 Å². The van der Waals surface area contributed by atoms with E-state index in [0.29, 0.717) is 19.3 Å². The molecular weight excluding hydrogens is 204 g/mol. The van der Waals surface area contributed by atoms with Crippen molar-refractivity contribution in [3.63, 3.8) is 0 Å². The van der Waals surface area contributed by atoms with Crippen LogP contribution in [0.1, 0.15) is 44.9 Å². The largest absolute Gasteiger partial charge is 0.299 e. The first-order chi connectivity index (χ1) is 7.65. The lowest BCUT2D eigenvalue weighted by atomic mass is 9.83. The molecule has 2 aliphatic carbocycles. The Kier molecular flexibility index (Phi) is 3.32. The second-order valence-corrected chi connectivity index (χ2v) is 4.74. The number of carbonyl (C=O) groups excluding carboxylic acids is 3. The van der Waals surface area contributed by atoms with E-state index >= 15 is 0 Å². The van der Waals surface area contributed by atoms with Crippen LogP contribution in [0, 0.1) is 5.92 Å². The minimum absolute atomic E-state index is 0.0151. The van der Waals surface area contributed by atoms with Gasteiger partial charge in [-0.1, -0.05) is 6.08 Å². The number of hydrogen-bond donors (Lipinski definition) is 0. The van der Waals surface area contributed by atoms with Crippen molar-refractivity contribution in [2.24, 2.45) is 5.92 Å². The highest BCUT2D eigenvalue weighted by molar-refractivity contribution is 6.02. The molecule has 0 aliphatic heterocycles. The molecule has 0 heterocycles. The van der Waals surface area contributed by atoms with E-state index in [4.69, 9.17) is 0 Å². The van der Waals surface area contributed by atoms with Gasteiger partial charge in [-0.25, -0.2) is 0 Å². The third-order valence-electron chi connectivity index (χ3n) is 3.27. The smallest absolute Gasteiger partial charge is 0.158 e. The number of Topliss-reactive ketones (excluding diaryl/α,β-unsaturated/α-hetero) is 3. The molecule has 0 aromatic heterocycles. The van der Waals surface area contributed by atoms with Gasteiger partial charge < -0.3 is 0 Å². The van der Waals surface area contributed by atoms with Gasteiger partial charge in [0.25, 0.3) is 0 Å². The molecule has 0 saturated heterocycles. The molecule has 0 aromatic rings. The molecule has 16 heavy (non-hydrogen) atoms. The van der Waals surface area contributed by atoms with Crippen LogP contribution >= 0.6 is 0 Å². The van der Waals surface area contributed by atoms with Gasteiger partial charge in [-0.2, -0.15) is 0 Å². The molecule has 2 fully saturated rings. The van der Waals surface area contributed by atoms with Gasteiger partial charge in [-0.15, -0.1) is 0 Å². The van der Waals surface area contributed by atoms with E-state index in [1.54, 1.807) is 0 Å². The summed E-state index contributed by atoms with van der Waals surface area (Å²) in [7, 11) is 0. The van der Waals surface area contributed by atoms with Gasteiger partial charge in [0.1, 0.15) is 11.6 Å². The number of hydrogen-bond acceptors (Lipinski definition) is 3. The van der Waals surface area contributed by atoms with Crippen molar-refractivity contribution in [1.29, 1.82) is 0 Å². The highest BCUT2D eigenvalue weighted by Crippen LogP contribution is 2.26. The lowest BCUT2D eigenvalue weighted by molar-refractivity contribution is -0.130. The van der Waals surface area contributed by atoms with Crippen LogP contribution < -0.4 is 0 Å². The van der Waals surface area contributed by atoms with Crippen molar-refractivity contribution in [3.05, 3.63) is 11.6 Å². The lowest BCUT2D eigenvalue weighted by Gasteiger charge is -2.19. The first-order valence-electron chi connectivity index (χ1n) is 5.92. The molecule has 0 N–H and O–H groups in total. The maximum Gasteiger partial charge on any atom is 0.158 e. The third-order valence-corrected chi connectivity index (χ3v) is 3.27. The van der Waals surface area contributed by atoms with E-state index in [-0.39, 0.29) is 29.7 Å². The lowest BCUT2D eigenvalue weighted by Crippen LogP contribution is -2.22. The SMILES string of the molecule is O=C1CC(=O)CC(/C=C2\CCCCC2=O)C1. The summed E-state index contributed by atoms with van der Waals surface area (Å²) in [4.78, 5) is 34.1. The van der Waals surface area contributed by atoms with E-state index in [9.17, 15) is 14.4 Å². The number of rotatable bonds is 1. The van der Waals surface area contributed by atoms with Gasteiger partial charge in [0.2, 0.25) is 0 Å². The summed E-state index contributed by atoms with van der Waals surface area (Å²) in [6, 6.07) is 0. The van der Waals surface area contributed by atoms with Gasteiger partial charge in [-0.05, 0) is 30.8 Å². The van der Waals surface area contributed by atoms with Crippen molar-refractivity contribution in [2.75, 3.05) is 0 Å². The van der Waals surface area contributed by atoms with Crippen LogP contribution in [0.3, 0.4) is 0 Å². The van der Waals surface area contributed by atoms with Gasteiger partial charge in [0, 0.05) is 19.3 Å². The van der Waals surface area contributed by atoms with E-state index in [1.165, 1.54) is 0 Å². The van der Waals surface area contributed by atoms with Crippen molar-refractivity contribution >= 4 is 17.3 Å². The first kappa shape index (κ1) is 11.2. The summed E-state index contributed by atoms with van der Waals surface area (Å²) in [6.45, 7) is 0. The van der Waals surface area contributed by atoms with Crippen molar-refractivity contribution in [3.8, 4) is 0 Å². The highest BCUT2D eigenvalue weighted by Gasteiger charge is 2.25. The fraction of sp³-hybridized carbons (Fsp3) is 0.615. The van der Waals surface area contributed by atoms with Crippen molar-refractivity contribution in [1.82, 2.24) is 0 Å². The normalized spacial score (nSPS) is 26.5. The topological polar surface area (TPSA) is 51.2 Å². The molecule has 0 aromatic carbocycles. The van der Waals surface area contributed by atoms with Crippen LogP contribution in [0.2, 0.25) is 0 Å². The molecule has 0 amide bonds. The second-order valence-electron chi connectivity index (χ2n) is 4.74. The Morgan fingerprint density at radius 3 is 2.19 bits per heavy atom. The fourth-order valence-corrected chi connectivity index (χ4v) is 2.50. The average molecular weight is 220 g/mol. The minimum atomic E-state index is -0.0224. The van der Waals surface area contributed by atoms with Crippen LogP contribution in [-0.2, 0) is 14.4 Å². The summed E-state index contributed by atoms with van der Waals surface area (Å²) >= 11 is 0. The number of allylic oxidation sites excluding steroid dienone is 2. The van der Waals surface area contributed by atoms with Gasteiger partial charge in [-0.3, -0.25) is 14.4 Å². The minimum Gasteiger partial charge on any atom is -0.299 e. The van der Waals surface area contributed by atoms with E-state index in [2.05, 4.69) is 0 Å². The fourth-order valence-electron chi connectivity index (χ4n) is 2.50. The molecule has 3 nitrogen and oxygen atoms in total. The summed E-state index contributed by atoms with van der Waals surface area (Å²) in [5, 5.41) is 0. The Labute approximate surface area is 94.9 Å². The summed E-state index contributed by atoms with van der Waals surface area (Å²) < 4.78 is 0. The molecule has 0 bridgehead atoms. The number of carbonyl (C=O) groups is 3. The van der Waals surface area contributed by atoms with Crippen LogP contribution in [0.5, 0.6) is 0 Å². The average Bonchev–Trinajstić information content (AvgIpc) is 2.20. The van der Waals surface area contributed by atoms with Crippen LogP contribution in [0.4, 0.5) is 0 Å². The summed E-state index contributed by atoms with van der Waals surface area (Å²) in [6.07, 6.45) is 6.30. The zero-order valence-electron chi connectivity index (χ0n) is 9.33. The van der Waals surface area contributed by atoms with E-state index in [0.717, 1.165) is 24.8 Å². The van der Waals surface area contributed by atoms with Gasteiger partial charge >= 0.3 is 0 Å². The zero-order chi connectivity index (χ0) is 11.5. The Bertz CT molecular complexity index is 349. The quantitative estimate of drug-likeness (QED) is 0.501. The van der Waals surface area contributed by atoms with E-state index < -0.39 is 0 Å². The second kappa shape index (κ2) is 4.73. The first-order valence-corrected chi connectivity index (χ1v) is 5.92. The molecule has 2 rings (SSSR count). The monoisotopic (exact) mass is 220 g/mol. The molecule has 0 radical (unpaired) electrons. The Morgan fingerprint density at radius 2 is 1.56 bits per heavy atom.